The Morgan fingerprint density at radius 3 is 2.68 bits per heavy atom. The maximum absolute atomic E-state index is 11.8. The highest BCUT2D eigenvalue weighted by Crippen LogP contribution is 2.50. The molecule has 0 aliphatic carbocycles. The van der Waals surface area contributed by atoms with Gasteiger partial charge in [-0.15, -0.1) is 0 Å². The molecule has 0 spiro atoms. The molecule has 1 saturated heterocycles. The van der Waals surface area contributed by atoms with Gasteiger partial charge in [-0.25, -0.2) is 4.79 Å². The molecule has 3 N–H and O–H groups in total. The standard InChI is InChI=1S/C23H27N3O5/c1-13-23(3,14(2)27)16(12-26(13)22(28)29)15-9-10-19(30-4)20(11-15)31-21-24-17-7-5-6-8-18(17)25-21/h5-11,13-14,16,27H,12H2,1-4H3,(H,24,25)(H,28,29)/t13?,14-,16+,23+/m1/s1. The van der Waals surface area contributed by atoms with Crippen molar-refractivity contribution >= 4 is 17.1 Å². The molecule has 0 bridgehead atoms. The Bertz CT molecular complexity index is 1080. The Labute approximate surface area is 180 Å². The Morgan fingerprint density at radius 2 is 2.03 bits per heavy atom. The van der Waals surface area contributed by atoms with Gasteiger partial charge >= 0.3 is 6.09 Å². The number of aromatic amines is 1. The van der Waals surface area contributed by atoms with Gasteiger partial charge in [0.1, 0.15) is 0 Å². The number of carboxylic acid groups (broad SMARTS) is 1. The van der Waals surface area contributed by atoms with E-state index >= 15 is 0 Å². The van der Waals surface area contributed by atoms with E-state index in [9.17, 15) is 15.0 Å². The number of rotatable bonds is 5. The molecule has 8 nitrogen and oxygen atoms in total. The normalized spacial score (nSPS) is 24.4. The number of imidazole rings is 1. The van der Waals surface area contributed by atoms with Gasteiger partial charge < -0.3 is 29.6 Å². The number of nitrogens with zero attached hydrogens (tertiary/aromatic N) is 2. The summed E-state index contributed by atoms with van der Waals surface area (Å²) < 4.78 is 11.5. The van der Waals surface area contributed by atoms with Crippen LogP contribution in [-0.2, 0) is 0 Å². The second-order valence-corrected chi connectivity index (χ2v) is 8.28. The topological polar surface area (TPSA) is 108 Å². The number of amides is 1. The number of aromatic nitrogens is 2. The van der Waals surface area contributed by atoms with Gasteiger partial charge in [0.15, 0.2) is 11.5 Å². The fourth-order valence-corrected chi connectivity index (χ4v) is 4.60. The number of aliphatic hydroxyl groups is 1. The summed E-state index contributed by atoms with van der Waals surface area (Å²) in [7, 11) is 1.56. The number of para-hydroxylation sites is 2. The van der Waals surface area contributed by atoms with Crippen LogP contribution in [0.25, 0.3) is 11.0 Å². The summed E-state index contributed by atoms with van der Waals surface area (Å²) in [5.74, 6) is 0.778. The first-order chi connectivity index (χ1) is 14.8. The largest absolute Gasteiger partial charge is 0.493 e. The third-order valence-corrected chi connectivity index (χ3v) is 6.81. The fraction of sp³-hybridized carbons (Fsp3) is 0.391. The molecule has 164 valence electrons. The molecule has 3 aromatic rings. The average molecular weight is 425 g/mol. The van der Waals surface area contributed by atoms with Crippen molar-refractivity contribution < 1.29 is 24.5 Å². The Hall–Kier alpha value is -3.26. The van der Waals surface area contributed by atoms with Crippen LogP contribution in [0.4, 0.5) is 4.79 Å². The number of carbonyl (C=O) groups is 1. The molecule has 1 aliphatic heterocycles. The van der Waals surface area contributed by atoms with Crippen molar-refractivity contribution in [3.8, 4) is 17.5 Å². The van der Waals surface area contributed by atoms with E-state index in [-0.39, 0.29) is 18.5 Å². The fourth-order valence-electron chi connectivity index (χ4n) is 4.60. The van der Waals surface area contributed by atoms with Crippen LogP contribution >= 0.6 is 0 Å². The lowest BCUT2D eigenvalue weighted by Gasteiger charge is -2.38. The lowest BCUT2D eigenvalue weighted by atomic mass is 9.69. The van der Waals surface area contributed by atoms with Crippen LogP contribution in [0.2, 0.25) is 0 Å². The smallest absolute Gasteiger partial charge is 0.407 e. The first-order valence-electron chi connectivity index (χ1n) is 10.2. The molecular weight excluding hydrogens is 398 g/mol. The molecule has 2 aromatic carbocycles. The van der Waals surface area contributed by atoms with E-state index in [0.717, 1.165) is 16.6 Å². The maximum atomic E-state index is 11.8. The molecule has 1 aromatic heterocycles. The zero-order valence-electron chi connectivity index (χ0n) is 18.0. The summed E-state index contributed by atoms with van der Waals surface area (Å²) >= 11 is 0. The molecule has 4 atom stereocenters. The molecule has 8 heteroatoms. The highest BCUT2D eigenvalue weighted by molar-refractivity contribution is 5.75. The minimum atomic E-state index is -0.992. The molecule has 0 radical (unpaired) electrons. The predicted octanol–water partition coefficient (Wildman–Crippen LogP) is 4.22. The first kappa shape index (κ1) is 21.0. The average Bonchev–Trinajstić information content (AvgIpc) is 3.27. The van der Waals surface area contributed by atoms with Crippen LogP contribution in [0.15, 0.2) is 42.5 Å². The van der Waals surface area contributed by atoms with Crippen molar-refractivity contribution in [1.29, 1.82) is 0 Å². The number of nitrogens with one attached hydrogen (secondary N) is 1. The van der Waals surface area contributed by atoms with Gasteiger partial charge in [0.25, 0.3) is 6.01 Å². The molecule has 0 saturated carbocycles. The highest BCUT2D eigenvalue weighted by Gasteiger charge is 2.53. The molecule has 1 amide bonds. The lowest BCUT2D eigenvalue weighted by molar-refractivity contribution is 0.0204. The summed E-state index contributed by atoms with van der Waals surface area (Å²) in [6, 6.07) is 13.1. The van der Waals surface area contributed by atoms with E-state index < -0.39 is 17.6 Å². The van der Waals surface area contributed by atoms with Crippen molar-refractivity contribution in [2.24, 2.45) is 5.41 Å². The number of ether oxygens (including phenoxy) is 2. The zero-order chi connectivity index (χ0) is 22.3. The number of methoxy groups -OCH3 is 1. The van der Waals surface area contributed by atoms with Gasteiger partial charge in [-0.05, 0) is 43.7 Å². The number of hydrogen-bond acceptors (Lipinski definition) is 5. The van der Waals surface area contributed by atoms with Crippen molar-refractivity contribution in [2.75, 3.05) is 13.7 Å². The molecule has 1 aliphatic rings. The predicted molar refractivity (Wildman–Crippen MR) is 116 cm³/mol. The monoisotopic (exact) mass is 425 g/mol. The number of likely N-dealkylation sites (tertiary alicyclic amines) is 1. The van der Waals surface area contributed by atoms with Crippen LogP contribution in [0, 0.1) is 5.41 Å². The van der Waals surface area contributed by atoms with Crippen LogP contribution in [0.3, 0.4) is 0 Å². The molecule has 2 heterocycles. The van der Waals surface area contributed by atoms with E-state index in [1.807, 2.05) is 50.2 Å². The van der Waals surface area contributed by atoms with E-state index in [1.54, 1.807) is 20.1 Å². The summed E-state index contributed by atoms with van der Waals surface area (Å²) in [4.78, 5) is 20.8. The minimum Gasteiger partial charge on any atom is -0.493 e. The quantitative estimate of drug-likeness (QED) is 0.565. The van der Waals surface area contributed by atoms with Crippen molar-refractivity contribution in [3.05, 3.63) is 48.0 Å². The van der Waals surface area contributed by atoms with Crippen molar-refractivity contribution in [2.45, 2.75) is 38.8 Å². The zero-order valence-corrected chi connectivity index (χ0v) is 18.0. The van der Waals surface area contributed by atoms with Crippen molar-refractivity contribution in [3.63, 3.8) is 0 Å². The number of hydrogen-bond donors (Lipinski definition) is 3. The van der Waals surface area contributed by atoms with Crippen molar-refractivity contribution in [1.82, 2.24) is 14.9 Å². The molecule has 31 heavy (non-hydrogen) atoms. The summed E-state index contributed by atoms with van der Waals surface area (Å²) in [6.07, 6.45) is -1.70. The number of fused-ring (bicyclic) bond motifs is 1. The van der Waals surface area contributed by atoms with Crippen LogP contribution in [-0.4, -0.2) is 57.0 Å². The Balaban J connectivity index is 1.73. The van der Waals surface area contributed by atoms with Gasteiger partial charge in [-0.1, -0.05) is 25.1 Å². The van der Waals surface area contributed by atoms with Gasteiger partial charge in [0, 0.05) is 23.9 Å². The molecule has 4 rings (SSSR count). The van der Waals surface area contributed by atoms with Crippen LogP contribution < -0.4 is 9.47 Å². The van der Waals surface area contributed by atoms with Gasteiger partial charge in [0.05, 0.1) is 24.2 Å². The molecule has 1 unspecified atom stereocenters. The Kier molecular flexibility index (Phi) is 5.26. The summed E-state index contributed by atoms with van der Waals surface area (Å²) in [5.41, 5.74) is 1.85. The minimum absolute atomic E-state index is 0.220. The third kappa shape index (κ3) is 3.46. The van der Waals surface area contributed by atoms with E-state index in [1.165, 1.54) is 4.90 Å². The molecular formula is C23H27N3O5. The van der Waals surface area contributed by atoms with Crippen LogP contribution in [0.1, 0.15) is 32.3 Å². The second kappa shape index (κ2) is 7.77. The second-order valence-electron chi connectivity index (χ2n) is 8.28. The summed E-state index contributed by atoms with van der Waals surface area (Å²) in [6.45, 7) is 5.77. The number of aliphatic hydroxyl groups excluding tert-OH is 1. The van der Waals surface area contributed by atoms with E-state index in [0.29, 0.717) is 17.5 Å². The summed E-state index contributed by atoms with van der Waals surface area (Å²) in [5, 5.41) is 20.3. The highest BCUT2D eigenvalue weighted by atomic mass is 16.5. The van der Waals surface area contributed by atoms with Crippen LogP contribution in [0.5, 0.6) is 17.5 Å². The lowest BCUT2D eigenvalue weighted by Crippen LogP contribution is -2.45. The van der Waals surface area contributed by atoms with E-state index in [2.05, 4.69) is 9.97 Å². The first-order valence-corrected chi connectivity index (χ1v) is 10.2. The van der Waals surface area contributed by atoms with E-state index in [4.69, 9.17) is 9.47 Å². The van der Waals surface area contributed by atoms with Gasteiger partial charge in [-0.3, -0.25) is 0 Å². The van der Waals surface area contributed by atoms with Gasteiger partial charge in [0.2, 0.25) is 0 Å². The third-order valence-electron chi connectivity index (χ3n) is 6.81. The molecule has 1 fully saturated rings. The Morgan fingerprint density at radius 1 is 1.29 bits per heavy atom. The SMILES string of the molecule is COc1ccc([C@@H]2CN(C(=O)O)C(C)[C@@]2(C)[C@@H](C)O)cc1Oc1nc2ccccc2[nH]1. The maximum Gasteiger partial charge on any atom is 0.407 e. The number of benzene rings is 2. The number of H-pyrrole nitrogens is 1. The van der Waals surface area contributed by atoms with Gasteiger partial charge in [-0.2, -0.15) is 4.98 Å².